The second-order valence-corrected chi connectivity index (χ2v) is 10.00. The summed E-state index contributed by atoms with van der Waals surface area (Å²) in [6.45, 7) is 4.61. The van der Waals surface area contributed by atoms with Gasteiger partial charge in [-0.25, -0.2) is 9.97 Å². The minimum absolute atomic E-state index is 0.134. The average molecular weight is 520 g/mol. The number of hydrogen-bond donors (Lipinski definition) is 1. The zero-order chi connectivity index (χ0) is 25.9. The van der Waals surface area contributed by atoms with Crippen LogP contribution >= 0.6 is 11.6 Å². The maximum Gasteiger partial charge on any atom is 0.260 e. The largest absolute Gasteiger partial charge is 0.379 e. The van der Waals surface area contributed by atoms with E-state index in [0.717, 1.165) is 48.3 Å². The van der Waals surface area contributed by atoms with Crippen LogP contribution in [0.1, 0.15) is 18.5 Å². The van der Waals surface area contributed by atoms with Crippen molar-refractivity contribution < 1.29 is 4.74 Å². The third-order valence-corrected chi connectivity index (χ3v) is 6.70. The lowest BCUT2D eigenvalue weighted by molar-refractivity contribution is 0.195. The smallest absolute Gasteiger partial charge is 0.260 e. The van der Waals surface area contributed by atoms with Gasteiger partial charge in [0.25, 0.3) is 5.56 Å². The van der Waals surface area contributed by atoms with Crippen molar-refractivity contribution in [1.82, 2.24) is 29.4 Å². The van der Waals surface area contributed by atoms with Gasteiger partial charge in [-0.2, -0.15) is 4.98 Å². The van der Waals surface area contributed by atoms with Gasteiger partial charge in [-0.05, 0) is 52.5 Å². The molecule has 192 valence electrons. The zero-order valence-corrected chi connectivity index (χ0v) is 22.0. The van der Waals surface area contributed by atoms with Crippen molar-refractivity contribution in [3.8, 4) is 22.4 Å². The van der Waals surface area contributed by atoms with Gasteiger partial charge in [0.15, 0.2) is 0 Å². The second-order valence-electron chi connectivity index (χ2n) is 9.59. The number of anilines is 1. The molecule has 1 fully saturated rings. The number of rotatable bonds is 8. The van der Waals surface area contributed by atoms with Gasteiger partial charge < -0.3 is 15.0 Å². The van der Waals surface area contributed by atoms with Crippen molar-refractivity contribution in [3.63, 3.8) is 0 Å². The van der Waals surface area contributed by atoms with Crippen molar-refractivity contribution in [2.24, 2.45) is 0 Å². The highest BCUT2D eigenvalue weighted by molar-refractivity contribution is 6.33. The first-order valence-corrected chi connectivity index (χ1v) is 12.8. The number of nitrogens with zero attached hydrogens (tertiary/aromatic N) is 6. The first-order chi connectivity index (χ1) is 17.9. The van der Waals surface area contributed by atoms with Crippen LogP contribution in [0.4, 0.5) is 5.95 Å². The van der Waals surface area contributed by atoms with Crippen molar-refractivity contribution in [3.05, 3.63) is 63.9 Å². The number of pyridine rings is 1. The molecule has 1 saturated heterocycles. The first-order valence-electron chi connectivity index (χ1n) is 12.4. The van der Waals surface area contributed by atoms with E-state index in [1.165, 1.54) is 0 Å². The lowest BCUT2D eigenvalue weighted by Crippen LogP contribution is -2.26. The molecule has 4 aromatic rings. The third kappa shape index (κ3) is 5.64. The summed E-state index contributed by atoms with van der Waals surface area (Å²) in [5.74, 6) is 0.498. The van der Waals surface area contributed by atoms with Crippen LogP contribution in [0.25, 0.3) is 33.4 Å². The number of hydrogen-bond acceptors (Lipinski definition) is 8. The quantitative estimate of drug-likeness (QED) is 0.372. The van der Waals surface area contributed by atoms with Crippen LogP contribution in [0, 0.1) is 6.92 Å². The molecule has 0 bridgehead atoms. The van der Waals surface area contributed by atoms with Crippen LogP contribution in [0.2, 0.25) is 5.02 Å². The lowest BCUT2D eigenvalue weighted by Gasteiger charge is -2.16. The van der Waals surface area contributed by atoms with E-state index in [9.17, 15) is 4.79 Å². The molecule has 1 atom stereocenters. The molecule has 1 N–H and O–H groups in total. The number of ether oxygens (including phenoxy) is 1. The molecule has 1 aliphatic rings. The molecular weight excluding hydrogens is 490 g/mol. The van der Waals surface area contributed by atoms with E-state index >= 15 is 0 Å². The van der Waals surface area contributed by atoms with Crippen LogP contribution < -0.4 is 10.9 Å². The number of halogens is 1. The van der Waals surface area contributed by atoms with Gasteiger partial charge in [0.1, 0.15) is 5.65 Å². The molecule has 4 heterocycles. The van der Waals surface area contributed by atoms with Crippen molar-refractivity contribution in [2.45, 2.75) is 32.4 Å². The highest BCUT2D eigenvalue weighted by Gasteiger charge is 2.19. The van der Waals surface area contributed by atoms with Crippen molar-refractivity contribution in [1.29, 1.82) is 0 Å². The average Bonchev–Trinajstić information content (AvgIpc) is 3.38. The number of aryl methyl sites for hydroxylation is 2. The molecule has 0 saturated carbocycles. The molecule has 9 nitrogen and oxygen atoms in total. The number of aromatic nitrogens is 5. The molecule has 0 amide bonds. The van der Waals surface area contributed by atoms with E-state index in [2.05, 4.69) is 25.2 Å². The normalized spacial score (nSPS) is 15.5. The Bertz CT molecular complexity index is 1480. The summed E-state index contributed by atoms with van der Waals surface area (Å²) in [5, 5.41) is 4.58. The van der Waals surface area contributed by atoms with Crippen LogP contribution in [0.3, 0.4) is 0 Å². The standard InChI is InChI=1S/C27H30ClN7O2/c1-17-13-29-15-24(31-17)18-5-6-21(23(28)12-18)22-11-19-14-30-27(32-20-7-10-37-16-20)33-25(19)35(26(22)36)9-4-8-34(2)3/h5-6,11-15,20H,4,7-10,16H2,1-3H3,(H,30,32,33)/t20-/m1/s1. The van der Waals surface area contributed by atoms with E-state index in [-0.39, 0.29) is 11.6 Å². The van der Waals surface area contributed by atoms with Gasteiger partial charge in [0.05, 0.1) is 30.2 Å². The number of fused-ring (bicyclic) bond motifs is 1. The Labute approximate surface area is 220 Å². The molecular formula is C27H30ClN7O2. The molecule has 37 heavy (non-hydrogen) atoms. The number of benzene rings is 1. The molecule has 5 rings (SSSR count). The van der Waals surface area contributed by atoms with Gasteiger partial charge >= 0.3 is 0 Å². The Hall–Kier alpha value is -3.40. The molecule has 0 spiro atoms. The third-order valence-electron chi connectivity index (χ3n) is 6.39. The fourth-order valence-electron chi connectivity index (χ4n) is 4.50. The summed E-state index contributed by atoms with van der Waals surface area (Å²) in [5.41, 5.74) is 4.03. The Morgan fingerprint density at radius 1 is 1.16 bits per heavy atom. The summed E-state index contributed by atoms with van der Waals surface area (Å²) in [6.07, 6.45) is 6.87. The molecule has 3 aromatic heterocycles. The highest BCUT2D eigenvalue weighted by atomic mass is 35.5. The highest BCUT2D eigenvalue weighted by Crippen LogP contribution is 2.31. The fraction of sp³-hybridized carbons (Fsp3) is 0.370. The summed E-state index contributed by atoms with van der Waals surface area (Å²) in [6, 6.07) is 7.60. The summed E-state index contributed by atoms with van der Waals surface area (Å²) in [7, 11) is 4.04. The monoisotopic (exact) mass is 519 g/mol. The number of nitrogens with one attached hydrogen (secondary N) is 1. The second kappa shape index (κ2) is 10.9. The van der Waals surface area contributed by atoms with Crippen molar-refractivity contribution in [2.75, 3.05) is 39.2 Å². The first kappa shape index (κ1) is 25.3. The van der Waals surface area contributed by atoms with Gasteiger partial charge in [-0.3, -0.25) is 14.3 Å². The van der Waals surface area contributed by atoms with Crippen LogP contribution in [0.15, 0.2) is 47.7 Å². The molecule has 0 unspecified atom stereocenters. The van der Waals surface area contributed by atoms with Gasteiger partial charge in [0.2, 0.25) is 5.95 Å². The predicted octanol–water partition coefficient (Wildman–Crippen LogP) is 4.03. The SMILES string of the molecule is Cc1cncc(-c2ccc(-c3cc4cnc(N[C@@H]5CCOC5)nc4n(CCCN(C)C)c3=O)c(Cl)c2)n1. The summed E-state index contributed by atoms with van der Waals surface area (Å²) in [4.78, 5) is 33.9. The summed E-state index contributed by atoms with van der Waals surface area (Å²) < 4.78 is 7.19. The van der Waals surface area contributed by atoms with E-state index in [1.807, 2.05) is 45.3 Å². The fourth-order valence-corrected chi connectivity index (χ4v) is 4.78. The van der Waals surface area contributed by atoms with E-state index in [4.69, 9.17) is 21.3 Å². The minimum Gasteiger partial charge on any atom is -0.379 e. The topological polar surface area (TPSA) is 98.1 Å². The molecule has 0 aliphatic carbocycles. The van der Waals surface area contributed by atoms with Crippen LogP contribution in [0.5, 0.6) is 0 Å². The van der Waals surface area contributed by atoms with Gasteiger partial charge in [-0.15, -0.1) is 0 Å². The minimum atomic E-state index is -0.134. The van der Waals surface area contributed by atoms with Gasteiger partial charge in [-0.1, -0.05) is 23.7 Å². The lowest BCUT2D eigenvalue weighted by atomic mass is 10.0. The maximum absolute atomic E-state index is 13.8. The van der Waals surface area contributed by atoms with Crippen LogP contribution in [-0.2, 0) is 11.3 Å². The Morgan fingerprint density at radius 2 is 2.03 bits per heavy atom. The molecule has 0 radical (unpaired) electrons. The molecule has 1 aromatic carbocycles. The van der Waals surface area contributed by atoms with Crippen molar-refractivity contribution >= 4 is 28.6 Å². The Morgan fingerprint density at radius 3 is 2.76 bits per heavy atom. The van der Waals surface area contributed by atoms with E-state index in [0.29, 0.717) is 40.9 Å². The molecule has 1 aliphatic heterocycles. The summed E-state index contributed by atoms with van der Waals surface area (Å²) >= 11 is 6.74. The van der Waals surface area contributed by atoms with E-state index < -0.39 is 0 Å². The predicted molar refractivity (Wildman–Crippen MR) is 146 cm³/mol. The van der Waals surface area contributed by atoms with E-state index in [1.54, 1.807) is 23.2 Å². The van der Waals surface area contributed by atoms with Gasteiger partial charge in [0, 0.05) is 52.6 Å². The Balaban J connectivity index is 1.57. The zero-order valence-electron chi connectivity index (χ0n) is 21.2. The Kier molecular flexibility index (Phi) is 7.45. The molecule has 10 heteroatoms. The van der Waals surface area contributed by atoms with Crippen LogP contribution in [-0.4, -0.2) is 69.3 Å². The maximum atomic E-state index is 13.8.